The maximum atomic E-state index is 11.9. The summed E-state index contributed by atoms with van der Waals surface area (Å²) in [5.74, 6) is 0. The van der Waals surface area contributed by atoms with E-state index in [-0.39, 0.29) is 0 Å². The van der Waals surface area contributed by atoms with Crippen LogP contribution in [0.3, 0.4) is 0 Å². The Morgan fingerprint density at radius 3 is 1.44 bits per heavy atom. The lowest BCUT2D eigenvalue weighted by Gasteiger charge is -2.25. The van der Waals surface area contributed by atoms with Crippen molar-refractivity contribution in [3.8, 4) is 68.4 Å². The highest BCUT2D eigenvalue weighted by Gasteiger charge is 2.31. The molecule has 0 fully saturated rings. The molecule has 9 aromatic carbocycles. The van der Waals surface area contributed by atoms with Gasteiger partial charge < -0.3 is 4.57 Å². The Bertz CT molecular complexity index is 3870. The minimum absolute atomic E-state index is 0.408. The summed E-state index contributed by atoms with van der Waals surface area (Å²) in [7, 11) is 0. The summed E-state index contributed by atoms with van der Waals surface area (Å²) in [6.07, 6.45) is 0. The van der Waals surface area contributed by atoms with Gasteiger partial charge in [-0.05, 0) is 52.1 Å². The van der Waals surface area contributed by atoms with Crippen molar-refractivity contribution in [3.05, 3.63) is 199 Å². The van der Waals surface area contributed by atoms with Crippen LogP contribution in [0.1, 0.15) is 16.7 Å². The highest BCUT2D eigenvalue weighted by molar-refractivity contribution is 7.27. The fourth-order valence-corrected chi connectivity index (χ4v) is 12.2. The Kier molecular flexibility index (Phi) is 8.36. The van der Waals surface area contributed by atoms with Crippen molar-refractivity contribution in [3.63, 3.8) is 0 Å². The molecule has 0 spiro atoms. The van der Waals surface area contributed by atoms with Gasteiger partial charge in [0.05, 0.1) is 48.9 Å². The van der Waals surface area contributed by atoms with Crippen LogP contribution >= 0.6 is 22.7 Å². The Balaban J connectivity index is 1.37. The molecule has 63 heavy (non-hydrogen) atoms. The molecule has 0 saturated heterocycles. The van der Waals surface area contributed by atoms with Gasteiger partial charge >= 0.3 is 0 Å². The molecule has 0 unspecified atom stereocenters. The molecular formula is C57H30N4S2. The number of rotatable bonds is 5. The minimum atomic E-state index is 0.408. The Morgan fingerprint density at radius 2 is 0.857 bits per heavy atom. The molecule has 4 nitrogen and oxygen atoms in total. The topological polar surface area (TPSA) is 76.3 Å². The molecule has 0 N–H and O–H groups in total. The summed E-state index contributed by atoms with van der Waals surface area (Å²) < 4.78 is 7.02. The number of hydrogen-bond donors (Lipinski definition) is 0. The second-order valence-corrected chi connectivity index (χ2v) is 17.7. The zero-order valence-corrected chi connectivity index (χ0v) is 35.1. The molecule has 0 saturated carbocycles. The average Bonchev–Trinajstić information content (AvgIpc) is 4.03. The third kappa shape index (κ3) is 5.42. The van der Waals surface area contributed by atoms with E-state index in [0.29, 0.717) is 27.9 Å². The number of thiophene rings is 2. The van der Waals surface area contributed by atoms with Gasteiger partial charge in [0, 0.05) is 58.4 Å². The third-order valence-electron chi connectivity index (χ3n) is 12.3. The van der Waals surface area contributed by atoms with Gasteiger partial charge in [0.1, 0.15) is 12.1 Å². The summed E-state index contributed by atoms with van der Waals surface area (Å²) in [5, 5.41) is 40.5. The fourth-order valence-electron chi connectivity index (χ4n) is 9.69. The summed E-state index contributed by atoms with van der Waals surface area (Å²) >= 11 is 3.55. The zero-order chi connectivity index (χ0) is 42.2. The van der Waals surface area contributed by atoms with Gasteiger partial charge in [0.2, 0.25) is 0 Å². The Hall–Kier alpha value is -8.31. The smallest absolute Gasteiger partial charge is 0.102 e. The maximum Gasteiger partial charge on any atom is 0.102 e. The van der Waals surface area contributed by atoms with Crippen molar-refractivity contribution in [2.24, 2.45) is 0 Å². The first kappa shape index (κ1) is 36.5. The molecule has 0 radical (unpaired) electrons. The first-order chi connectivity index (χ1) is 31.2. The summed E-state index contributed by atoms with van der Waals surface area (Å²) in [6.45, 7) is 0. The highest BCUT2D eigenvalue weighted by Crippen LogP contribution is 2.52. The van der Waals surface area contributed by atoms with Gasteiger partial charge in [0.25, 0.3) is 0 Å². The summed E-state index contributed by atoms with van der Waals surface area (Å²) in [5.41, 5.74) is 10.3. The van der Waals surface area contributed by atoms with Gasteiger partial charge in [0.15, 0.2) is 0 Å². The Morgan fingerprint density at radius 1 is 0.365 bits per heavy atom. The monoisotopic (exact) mass is 834 g/mol. The van der Waals surface area contributed by atoms with E-state index in [1.807, 2.05) is 91.0 Å². The quantitative estimate of drug-likeness (QED) is 0.173. The van der Waals surface area contributed by atoms with Gasteiger partial charge in [-0.15, -0.1) is 22.7 Å². The predicted octanol–water partition coefficient (Wildman–Crippen LogP) is 15.8. The van der Waals surface area contributed by atoms with Crippen molar-refractivity contribution in [1.82, 2.24) is 4.57 Å². The number of nitrogens with zero attached hydrogens (tertiary/aromatic N) is 4. The molecule has 290 valence electrons. The molecule has 12 aromatic rings. The molecule has 0 aliphatic carbocycles. The third-order valence-corrected chi connectivity index (χ3v) is 14.7. The van der Waals surface area contributed by atoms with Crippen LogP contribution in [0, 0.1) is 34.0 Å². The van der Waals surface area contributed by atoms with Crippen molar-refractivity contribution >= 4 is 84.8 Å². The lowest BCUT2D eigenvalue weighted by atomic mass is 9.81. The lowest BCUT2D eigenvalue weighted by Crippen LogP contribution is -2.08. The molecule has 0 atom stereocenters. The fraction of sp³-hybridized carbons (Fsp3) is 0. The molecule has 0 aliphatic rings. The predicted molar refractivity (Wildman–Crippen MR) is 262 cm³/mol. The largest absolute Gasteiger partial charge is 0.304 e. The second kappa shape index (κ2) is 14.4. The maximum absolute atomic E-state index is 11.9. The summed E-state index contributed by atoms with van der Waals surface area (Å²) in [4.78, 5) is 0. The number of fused-ring (bicyclic) bond motifs is 11. The van der Waals surface area contributed by atoms with Crippen LogP contribution in [0.4, 0.5) is 0 Å². The molecule has 0 aliphatic heterocycles. The normalized spacial score (nSPS) is 11.4. The zero-order valence-electron chi connectivity index (χ0n) is 33.4. The van der Waals surface area contributed by atoms with Gasteiger partial charge in [-0.1, -0.05) is 158 Å². The lowest BCUT2D eigenvalue weighted by molar-refractivity contribution is 1.18. The van der Waals surface area contributed by atoms with Crippen LogP contribution in [-0.2, 0) is 0 Å². The molecule has 6 heteroatoms. The van der Waals surface area contributed by atoms with E-state index in [4.69, 9.17) is 0 Å². The average molecular weight is 835 g/mol. The van der Waals surface area contributed by atoms with Crippen molar-refractivity contribution < 1.29 is 0 Å². The van der Waals surface area contributed by atoms with E-state index >= 15 is 0 Å². The van der Waals surface area contributed by atoms with Crippen LogP contribution in [0.15, 0.2) is 182 Å². The van der Waals surface area contributed by atoms with Gasteiger partial charge in [-0.3, -0.25) is 0 Å². The van der Waals surface area contributed by atoms with E-state index in [2.05, 4.69) is 114 Å². The minimum Gasteiger partial charge on any atom is -0.304 e. The first-order valence-electron chi connectivity index (χ1n) is 20.6. The van der Waals surface area contributed by atoms with Crippen molar-refractivity contribution in [1.29, 1.82) is 15.8 Å². The van der Waals surface area contributed by atoms with Crippen LogP contribution in [0.2, 0.25) is 0 Å². The summed E-state index contributed by atoms with van der Waals surface area (Å²) in [6, 6.07) is 69.8. The molecule has 12 rings (SSSR count). The molecule has 3 aromatic heterocycles. The molecule has 0 bridgehead atoms. The highest BCUT2D eigenvalue weighted by atomic mass is 32.1. The SMILES string of the molecule is N#Cc1ccccc1-c1cccc(-c2c(C#N)c(-c3ccccc3)c(C#N)c(-n3c4c(ccc5c6ccccc6sc54)c4ccc5c6ccccc6sc5c43)c2-c2ccccc2)c1. The van der Waals surface area contributed by atoms with E-state index < -0.39 is 0 Å². The number of benzene rings is 9. The number of nitriles is 3. The number of aromatic nitrogens is 1. The van der Waals surface area contributed by atoms with Crippen LogP contribution in [0.5, 0.6) is 0 Å². The van der Waals surface area contributed by atoms with E-state index in [9.17, 15) is 15.8 Å². The Labute approximate surface area is 370 Å². The van der Waals surface area contributed by atoms with E-state index in [1.165, 1.54) is 20.2 Å². The van der Waals surface area contributed by atoms with Crippen LogP contribution < -0.4 is 0 Å². The van der Waals surface area contributed by atoms with E-state index in [0.717, 1.165) is 80.9 Å². The molecule has 3 heterocycles. The van der Waals surface area contributed by atoms with E-state index in [1.54, 1.807) is 22.7 Å². The number of hydrogen-bond acceptors (Lipinski definition) is 5. The van der Waals surface area contributed by atoms with Crippen LogP contribution in [-0.4, -0.2) is 4.57 Å². The van der Waals surface area contributed by atoms with Gasteiger partial charge in [-0.2, -0.15) is 15.8 Å². The molecule has 0 amide bonds. The second-order valence-electron chi connectivity index (χ2n) is 15.6. The first-order valence-corrected chi connectivity index (χ1v) is 22.2. The van der Waals surface area contributed by atoms with Crippen LogP contribution in [0.25, 0.3) is 112 Å². The standard InChI is InChI=1S/C57H30N4S2/c58-31-38-18-7-8-21-39(38)36-19-13-20-37(30-36)51-46(32-59)50(34-14-3-1-4-15-34)47(33-60)53(52(51)35-16-5-2-6-17-35)61-54-42(26-28-44-40-22-9-11-24-48(40)62-56(44)54)43-27-29-45-41-23-10-12-25-49(41)63-57(45)55(43)61/h1-30H. The van der Waals surface area contributed by atoms with Crippen molar-refractivity contribution in [2.45, 2.75) is 0 Å². The van der Waals surface area contributed by atoms with Gasteiger partial charge in [-0.25, -0.2) is 0 Å². The van der Waals surface area contributed by atoms with Crippen molar-refractivity contribution in [2.75, 3.05) is 0 Å². The molecular weight excluding hydrogens is 805 g/mol.